The summed E-state index contributed by atoms with van der Waals surface area (Å²) in [6, 6.07) is 7.05. The van der Waals surface area contributed by atoms with Crippen molar-refractivity contribution in [3.8, 4) is 17.2 Å². The highest BCUT2D eigenvalue weighted by Crippen LogP contribution is 2.39. The molecule has 0 unspecified atom stereocenters. The first-order valence-electron chi connectivity index (χ1n) is 8.14. The SMILES string of the molecule is COc1cc(/C=C2/N=C(c3cc([N+](=O)[O-])ccc3Cl)OC2=O)cc(OC)c1OC. The fourth-order valence-electron chi connectivity index (χ4n) is 2.66. The molecular weight excluding hydrogens is 404 g/mol. The van der Waals surface area contributed by atoms with Gasteiger partial charge in [0.2, 0.25) is 11.6 Å². The van der Waals surface area contributed by atoms with Crippen LogP contribution in [0, 0.1) is 10.1 Å². The minimum Gasteiger partial charge on any atom is -0.493 e. The van der Waals surface area contributed by atoms with Gasteiger partial charge in [0.1, 0.15) is 0 Å². The highest BCUT2D eigenvalue weighted by Gasteiger charge is 2.27. The number of nitro groups is 1. The Balaban J connectivity index is 2.04. The quantitative estimate of drug-likeness (QED) is 0.305. The van der Waals surface area contributed by atoms with Gasteiger partial charge in [-0.2, -0.15) is 0 Å². The van der Waals surface area contributed by atoms with Crippen LogP contribution >= 0.6 is 11.6 Å². The Morgan fingerprint density at radius 3 is 2.31 bits per heavy atom. The summed E-state index contributed by atoms with van der Waals surface area (Å²) in [5.74, 6) is 0.351. The average molecular weight is 419 g/mol. The molecule has 150 valence electrons. The zero-order valence-corrected chi connectivity index (χ0v) is 16.4. The lowest BCUT2D eigenvalue weighted by Gasteiger charge is -2.12. The molecule has 3 rings (SSSR count). The summed E-state index contributed by atoms with van der Waals surface area (Å²) in [7, 11) is 4.42. The van der Waals surface area contributed by atoms with Crippen molar-refractivity contribution in [2.75, 3.05) is 21.3 Å². The minimum atomic E-state index is -0.726. The maximum atomic E-state index is 12.3. The Morgan fingerprint density at radius 1 is 1.10 bits per heavy atom. The van der Waals surface area contributed by atoms with E-state index in [2.05, 4.69) is 4.99 Å². The predicted molar refractivity (Wildman–Crippen MR) is 105 cm³/mol. The molecule has 0 aromatic heterocycles. The first kappa shape index (κ1) is 20.2. The second-order valence-electron chi connectivity index (χ2n) is 5.72. The first-order valence-corrected chi connectivity index (χ1v) is 8.52. The van der Waals surface area contributed by atoms with Crippen LogP contribution in [0.1, 0.15) is 11.1 Å². The van der Waals surface area contributed by atoms with Crippen molar-refractivity contribution >= 4 is 35.2 Å². The third-order valence-electron chi connectivity index (χ3n) is 4.00. The van der Waals surface area contributed by atoms with Gasteiger partial charge in [-0.3, -0.25) is 10.1 Å². The van der Waals surface area contributed by atoms with Crippen molar-refractivity contribution in [2.24, 2.45) is 4.99 Å². The van der Waals surface area contributed by atoms with Crippen LogP contribution in [0.15, 0.2) is 41.0 Å². The summed E-state index contributed by atoms with van der Waals surface area (Å²) in [5.41, 5.74) is 0.464. The molecule has 0 atom stereocenters. The minimum absolute atomic E-state index is 0.0168. The number of methoxy groups -OCH3 is 3. The monoisotopic (exact) mass is 418 g/mol. The van der Waals surface area contributed by atoms with Gasteiger partial charge >= 0.3 is 5.97 Å². The molecule has 1 aliphatic heterocycles. The van der Waals surface area contributed by atoms with Crippen molar-refractivity contribution in [2.45, 2.75) is 0 Å². The van der Waals surface area contributed by atoms with Crippen molar-refractivity contribution in [1.29, 1.82) is 0 Å². The number of aliphatic imine (C=N–C) groups is 1. The molecule has 29 heavy (non-hydrogen) atoms. The van der Waals surface area contributed by atoms with Gasteiger partial charge in [0.05, 0.1) is 36.8 Å². The maximum absolute atomic E-state index is 12.3. The Bertz CT molecular complexity index is 1040. The van der Waals surface area contributed by atoms with E-state index in [1.54, 1.807) is 12.1 Å². The van der Waals surface area contributed by atoms with Crippen molar-refractivity contribution in [1.82, 2.24) is 0 Å². The summed E-state index contributed by atoms with van der Waals surface area (Å²) >= 11 is 6.09. The summed E-state index contributed by atoms with van der Waals surface area (Å²) in [6.45, 7) is 0. The molecule has 0 amide bonds. The molecule has 1 aliphatic rings. The normalized spacial score (nSPS) is 14.4. The number of non-ortho nitro benzene ring substituents is 1. The molecule has 0 aliphatic carbocycles. The van der Waals surface area contributed by atoms with Crippen LogP contribution in [0.2, 0.25) is 5.02 Å². The van der Waals surface area contributed by atoms with Gasteiger partial charge in [-0.15, -0.1) is 0 Å². The van der Waals surface area contributed by atoms with E-state index >= 15 is 0 Å². The predicted octanol–water partition coefficient (Wildman–Crippen LogP) is 3.62. The third kappa shape index (κ3) is 3.99. The Morgan fingerprint density at radius 2 is 1.76 bits per heavy atom. The number of nitrogens with zero attached hydrogens (tertiary/aromatic N) is 2. The topological polar surface area (TPSA) is 109 Å². The van der Waals surface area contributed by atoms with E-state index in [0.29, 0.717) is 22.8 Å². The number of carbonyl (C=O) groups excluding carboxylic acids is 1. The molecule has 10 heteroatoms. The number of ether oxygens (including phenoxy) is 4. The molecule has 0 fully saturated rings. The van der Waals surface area contributed by atoms with Crippen molar-refractivity contribution in [3.05, 3.63) is 62.3 Å². The van der Waals surface area contributed by atoms with E-state index < -0.39 is 10.9 Å². The van der Waals surface area contributed by atoms with E-state index in [-0.39, 0.29) is 27.9 Å². The summed E-state index contributed by atoms with van der Waals surface area (Å²) in [6.07, 6.45) is 1.46. The maximum Gasteiger partial charge on any atom is 0.363 e. The fraction of sp³-hybridized carbons (Fsp3) is 0.158. The van der Waals surface area contributed by atoms with E-state index in [0.717, 1.165) is 0 Å². The number of hydrogen-bond acceptors (Lipinski definition) is 8. The molecule has 0 saturated carbocycles. The molecule has 0 N–H and O–H groups in total. The highest BCUT2D eigenvalue weighted by molar-refractivity contribution is 6.34. The van der Waals surface area contributed by atoms with Gasteiger partial charge in [0.15, 0.2) is 17.2 Å². The largest absolute Gasteiger partial charge is 0.493 e. The lowest BCUT2D eigenvalue weighted by Crippen LogP contribution is -2.06. The second kappa shape index (κ2) is 8.19. The molecule has 1 heterocycles. The second-order valence-corrected chi connectivity index (χ2v) is 6.12. The van der Waals surface area contributed by atoms with Crippen LogP contribution in [0.4, 0.5) is 5.69 Å². The van der Waals surface area contributed by atoms with E-state index in [1.165, 1.54) is 45.6 Å². The molecule has 2 aromatic carbocycles. The smallest absolute Gasteiger partial charge is 0.363 e. The molecule has 0 saturated heterocycles. The number of carbonyl (C=O) groups is 1. The number of rotatable bonds is 6. The van der Waals surface area contributed by atoms with Crippen LogP contribution in [-0.2, 0) is 9.53 Å². The van der Waals surface area contributed by atoms with Crippen LogP contribution < -0.4 is 14.2 Å². The van der Waals surface area contributed by atoms with Crippen LogP contribution in [0.3, 0.4) is 0 Å². The van der Waals surface area contributed by atoms with Crippen molar-refractivity contribution < 1.29 is 28.7 Å². The highest BCUT2D eigenvalue weighted by atomic mass is 35.5. The molecule has 0 spiro atoms. The fourth-order valence-corrected chi connectivity index (χ4v) is 2.86. The standard InChI is InChI=1S/C19H15ClN2O7/c1-26-15-7-10(8-16(27-2)17(15)28-3)6-14-19(23)29-18(21-14)12-9-11(22(24)25)4-5-13(12)20/h4-9H,1-3H3/b14-6+. The van der Waals surface area contributed by atoms with Gasteiger partial charge in [-0.25, -0.2) is 9.79 Å². The lowest BCUT2D eigenvalue weighted by molar-refractivity contribution is -0.384. The van der Waals surface area contributed by atoms with Crippen LogP contribution in [0.5, 0.6) is 17.2 Å². The number of benzene rings is 2. The summed E-state index contributed by atoms with van der Waals surface area (Å²) < 4.78 is 21.0. The molecular formula is C19H15ClN2O7. The van der Waals surface area contributed by atoms with Crippen molar-refractivity contribution in [3.63, 3.8) is 0 Å². The number of esters is 1. The van der Waals surface area contributed by atoms with E-state index in [9.17, 15) is 14.9 Å². The van der Waals surface area contributed by atoms with E-state index in [1.807, 2.05) is 0 Å². The molecule has 0 radical (unpaired) electrons. The molecule has 2 aromatic rings. The number of halogens is 1. The van der Waals surface area contributed by atoms with Crippen LogP contribution in [-0.4, -0.2) is 38.1 Å². The zero-order chi connectivity index (χ0) is 21.1. The van der Waals surface area contributed by atoms with Gasteiger partial charge in [-0.05, 0) is 29.8 Å². The Kier molecular flexibility index (Phi) is 5.69. The van der Waals surface area contributed by atoms with Crippen LogP contribution in [0.25, 0.3) is 6.08 Å². The molecule has 9 nitrogen and oxygen atoms in total. The average Bonchev–Trinajstić information content (AvgIpc) is 3.07. The third-order valence-corrected chi connectivity index (χ3v) is 4.33. The lowest BCUT2D eigenvalue weighted by atomic mass is 10.1. The van der Waals surface area contributed by atoms with Gasteiger partial charge in [0.25, 0.3) is 5.69 Å². The number of hydrogen-bond donors (Lipinski definition) is 0. The zero-order valence-electron chi connectivity index (χ0n) is 15.6. The Hall–Kier alpha value is -3.59. The molecule has 0 bridgehead atoms. The Labute approximate surface area is 170 Å². The summed E-state index contributed by atoms with van der Waals surface area (Å²) in [5, 5.41) is 11.2. The van der Waals surface area contributed by atoms with E-state index in [4.69, 9.17) is 30.5 Å². The number of nitro benzene ring substituents is 1. The number of cyclic esters (lactones) is 1. The van der Waals surface area contributed by atoms with Gasteiger partial charge in [-0.1, -0.05) is 11.6 Å². The van der Waals surface area contributed by atoms with Gasteiger partial charge in [0, 0.05) is 12.1 Å². The first-order chi connectivity index (χ1) is 13.9. The van der Waals surface area contributed by atoms with Gasteiger partial charge < -0.3 is 18.9 Å². The summed E-state index contributed by atoms with van der Waals surface area (Å²) in [4.78, 5) is 26.8.